The van der Waals surface area contributed by atoms with E-state index in [1.54, 1.807) is 24.8 Å². The summed E-state index contributed by atoms with van der Waals surface area (Å²) in [7, 11) is 0. The van der Waals surface area contributed by atoms with Crippen molar-refractivity contribution in [1.29, 1.82) is 0 Å². The van der Waals surface area contributed by atoms with Crippen LogP contribution in [0.3, 0.4) is 0 Å². The Morgan fingerprint density at radius 1 is 1.48 bits per heavy atom. The third kappa shape index (κ3) is 3.78. The lowest BCUT2D eigenvalue weighted by atomic mass is 10.2. The fraction of sp³-hybridized carbons (Fsp3) is 0.500. The maximum Gasteiger partial charge on any atom is 0.267 e. The zero-order valence-corrected chi connectivity index (χ0v) is 14.5. The number of nitrogens with zero attached hydrogens (tertiary/aromatic N) is 4. The van der Waals surface area contributed by atoms with E-state index in [1.165, 1.54) is 22.1 Å². The molecule has 1 aliphatic carbocycles. The molecule has 0 radical (unpaired) electrons. The van der Waals surface area contributed by atoms with E-state index in [9.17, 15) is 9.59 Å². The smallest absolute Gasteiger partial charge is 0.267 e. The number of hydrogen-bond donors (Lipinski definition) is 1. The van der Waals surface area contributed by atoms with Gasteiger partial charge in [-0.25, -0.2) is 4.68 Å². The Bertz CT molecular complexity index is 769. The topological polar surface area (TPSA) is 89.8 Å². The Hall–Kier alpha value is -1.74. The molecule has 0 aromatic carbocycles. The molecule has 0 aliphatic heterocycles. The second kappa shape index (κ2) is 6.79. The van der Waals surface area contributed by atoms with Crippen molar-refractivity contribution in [3.63, 3.8) is 0 Å². The molecule has 2 aromatic rings. The molecule has 1 fully saturated rings. The molecule has 1 amide bonds. The highest BCUT2D eigenvalue weighted by atomic mass is 32.2. The van der Waals surface area contributed by atoms with Gasteiger partial charge in [0.2, 0.25) is 5.13 Å². The first-order valence-corrected chi connectivity index (χ1v) is 9.25. The molecule has 1 saturated carbocycles. The predicted molar refractivity (Wildman–Crippen MR) is 90.1 cm³/mol. The molecule has 3 rings (SSSR count). The van der Waals surface area contributed by atoms with Gasteiger partial charge in [0.1, 0.15) is 6.04 Å². The number of hydrogen-bond acceptors (Lipinski definition) is 7. The molecule has 2 aromatic heterocycles. The van der Waals surface area contributed by atoms with Crippen LogP contribution in [0, 0.1) is 0 Å². The first-order chi connectivity index (χ1) is 11.1. The minimum absolute atomic E-state index is 0.281. The number of nitrogens with one attached hydrogen (secondary N) is 1. The largest absolute Gasteiger partial charge is 0.299 e. The van der Waals surface area contributed by atoms with Gasteiger partial charge in [-0.15, -0.1) is 10.2 Å². The third-order valence-electron chi connectivity index (χ3n) is 3.49. The molecule has 0 saturated heterocycles. The van der Waals surface area contributed by atoms with Crippen LogP contribution >= 0.6 is 23.1 Å². The van der Waals surface area contributed by atoms with Crippen molar-refractivity contribution in [3.05, 3.63) is 28.2 Å². The summed E-state index contributed by atoms with van der Waals surface area (Å²) >= 11 is 2.89. The average molecular weight is 351 g/mol. The van der Waals surface area contributed by atoms with Gasteiger partial charge in [-0.3, -0.25) is 14.9 Å². The van der Waals surface area contributed by atoms with Crippen LogP contribution in [-0.4, -0.2) is 31.6 Å². The Morgan fingerprint density at radius 2 is 2.26 bits per heavy atom. The number of carbonyl (C=O) groups is 1. The molecular weight excluding hydrogens is 334 g/mol. The number of anilines is 1. The van der Waals surface area contributed by atoms with E-state index < -0.39 is 6.04 Å². The SMILES string of the molecule is CCSc1nnc(NC(=O)C(C)n2nc(C3CC3)ccc2=O)s1. The van der Waals surface area contributed by atoms with Crippen molar-refractivity contribution in [2.75, 3.05) is 11.1 Å². The first-order valence-electron chi connectivity index (χ1n) is 7.45. The molecular formula is C14H17N5O2S2. The van der Waals surface area contributed by atoms with E-state index >= 15 is 0 Å². The Kier molecular flexibility index (Phi) is 4.76. The van der Waals surface area contributed by atoms with Gasteiger partial charge >= 0.3 is 0 Å². The fourth-order valence-corrected chi connectivity index (χ4v) is 3.73. The number of carbonyl (C=O) groups excluding carboxylic acids is 1. The average Bonchev–Trinajstić information content (AvgIpc) is 3.29. The fourth-order valence-electron chi connectivity index (χ4n) is 2.08. The Morgan fingerprint density at radius 3 is 2.96 bits per heavy atom. The van der Waals surface area contributed by atoms with Gasteiger partial charge in [-0.05, 0) is 31.6 Å². The second-order valence-electron chi connectivity index (χ2n) is 5.29. The molecule has 7 nitrogen and oxygen atoms in total. The summed E-state index contributed by atoms with van der Waals surface area (Å²) in [6.45, 7) is 3.68. The van der Waals surface area contributed by atoms with Gasteiger partial charge in [0, 0.05) is 12.0 Å². The number of rotatable bonds is 6. The Balaban J connectivity index is 1.73. The van der Waals surface area contributed by atoms with Crippen LogP contribution < -0.4 is 10.9 Å². The molecule has 1 N–H and O–H groups in total. The van der Waals surface area contributed by atoms with Crippen LogP contribution in [0.2, 0.25) is 0 Å². The van der Waals surface area contributed by atoms with Gasteiger partial charge in [0.25, 0.3) is 11.5 Å². The number of amides is 1. The van der Waals surface area contributed by atoms with Crippen molar-refractivity contribution in [2.24, 2.45) is 0 Å². The van der Waals surface area contributed by atoms with E-state index in [2.05, 4.69) is 20.6 Å². The summed E-state index contributed by atoms with van der Waals surface area (Å²) in [5.41, 5.74) is 0.596. The van der Waals surface area contributed by atoms with Crippen molar-refractivity contribution in [2.45, 2.75) is 43.0 Å². The summed E-state index contributed by atoms with van der Waals surface area (Å²) in [5.74, 6) is 0.998. The summed E-state index contributed by atoms with van der Waals surface area (Å²) in [4.78, 5) is 24.3. The van der Waals surface area contributed by atoms with Gasteiger partial charge in [0.15, 0.2) is 4.34 Å². The highest BCUT2D eigenvalue weighted by Gasteiger charge is 2.27. The standard InChI is InChI=1S/C14H17N5O2S2/c1-3-22-14-17-16-13(23-14)15-12(21)8(2)19-11(20)7-6-10(18-19)9-4-5-9/h6-9H,3-5H2,1-2H3,(H,15,16,21). The molecule has 2 heterocycles. The molecule has 9 heteroatoms. The van der Waals surface area contributed by atoms with Crippen LogP contribution in [0.25, 0.3) is 0 Å². The lowest BCUT2D eigenvalue weighted by Crippen LogP contribution is -2.33. The molecule has 1 unspecified atom stereocenters. The van der Waals surface area contributed by atoms with Crippen molar-refractivity contribution >= 4 is 34.1 Å². The molecule has 122 valence electrons. The number of aromatic nitrogens is 4. The van der Waals surface area contributed by atoms with Crippen LogP contribution in [-0.2, 0) is 4.79 Å². The van der Waals surface area contributed by atoms with E-state index in [1.807, 2.05) is 6.92 Å². The lowest BCUT2D eigenvalue weighted by Gasteiger charge is -2.13. The maximum atomic E-state index is 12.4. The van der Waals surface area contributed by atoms with Crippen molar-refractivity contribution < 1.29 is 4.79 Å². The quantitative estimate of drug-likeness (QED) is 0.634. The maximum absolute atomic E-state index is 12.4. The molecule has 1 aliphatic rings. The van der Waals surface area contributed by atoms with E-state index in [4.69, 9.17) is 0 Å². The van der Waals surface area contributed by atoms with E-state index in [-0.39, 0.29) is 11.5 Å². The zero-order chi connectivity index (χ0) is 16.4. The minimum Gasteiger partial charge on any atom is -0.299 e. The van der Waals surface area contributed by atoms with Crippen LogP contribution in [0.15, 0.2) is 21.3 Å². The molecule has 0 bridgehead atoms. The summed E-state index contributed by atoms with van der Waals surface area (Å²) in [6, 6.07) is 2.53. The molecule has 1 atom stereocenters. The van der Waals surface area contributed by atoms with Crippen molar-refractivity contribution in [1.82, 2.24) is 20.0 Å². The highest BCUT2D eigenvalue weighted by Crippen LogP contribution is 2.38. The summed E-state index contributed by atoms with van der Waals surface area (Å²) in [5, 5.41) is 15.4. The molecule has 23 heavy (non-hydrogen) atoms. The number of thioether (sulfide) groups is 1. The summed E-state index contributed by atoms with van der Waals surface area (Å²) < 4.78 is 2.05. The second-order valence-corrected chi connectivity index (χ2v) is 7.78. The van der Waals surface area contributed by atoms with Crippen LogP contribution in [0.1, 0.15) is 44.3 Å². The van der Waals surface area contributed by atoms with Crippen LogP contribution in [0.5, 0.6) is 0 Å². The first kappa shape index (κ1) is 16.1. The van der Waals surface area contributed by atoms with E-state index in [0.717, 1.165) is 28.6 Å². The van der Waals surface area contributed by atoms with Crippen LogP contribution in [0.4, 0.5) is 5.13 Å². The highest BCUT2D eigenvalue weighted by molar-refractivity contribution is 8.01. The normalized spacial score (nSPS) is 15.4. The third-order valence-corrected chi connectivity index (χ3v) is 5.35. The monoisotopic (exact) mass is 351 g/mol. The van der Waals surface area contributed by atoms with Gasteiger partial charge in [-0.1, -0.05) is 30.0 Å². The van der Waals surface area contributed by atoms with Gasteiger partial charge in [0.05, 0.1) is 5.69 Å². The molecule has 0 spiro atoms. The lowest BCUT2D eigenvalue weighted by molar-refractivity contribution is -0.119. The van der Waals surface area contributed by atoms with Crippen molar-refractivity contribution in [3.8, 4) is 0 Å². The Labute approximate surface area is 141 Å². The zero-order valence-electron chi connectivity index (χ0n) is 12.9. The minimum atomic E-state index is -0.702. The predicted octanol–water partition coefficient (Wildman–Crippen LogP) is 2.28. The summed E-state index contributed by atoms with van der Waals surface area (Å²) in [6.07, 6.45) is 2.18. The van der Waals surface area contributed by atoms with Gasteiger partial charge < -0.3 is 0 Å². The van der Waals surface area contributed by atoms with Gasteiger partial charge in [-0.2, -0.15) is 5.10 Å². The van der Waals surface area contributed by atoms with E-state index in [0.29, 0.717) is 11.0 Å².